The van der Waals surface area contributed by atoms with Gasteiger partial charge in [-0.05, 0) is 32.4 Å². The molecule has 1 N–H and O–H groups in total. The summed E-state index contributed by atoms with van der Waals surface area (Å²) in [7, 11) is 0. The zero-order valence-corrected chi connectivity index (χ0v) is 12.4. The van der Waals surface area contributed by atoms with E-state index in [-0.39, 0.29) is 11.6 Å². The first kappa shape index (κ1) is 15.1. The molecule has 0 amide bonds. The Morgan fingerprint density at radius 2 is 1.57 bits per heavy atom. The van der Waals surface area contributed by atoms with E-state index in [1.54, 1.807) is 37.3 Å². The molecule has 0 unspecified atom stereocenters. The van der Waals surface area contributed by atoms with Gasteiger partial charge in [0.1, 0.15) is 5.60 Å². The number of hydrogen-bond donors (Lipinski definition) is 1. The molecule has 2 aromatic carbocycles. The van der Waals surface area contributed by atoms with Crippen LogP contribution in [0, 0.1) is 6.92 Å². The Morgan fingerprint density at radius 1 is 0.952 bits per heavy atom. The first-order valence-corrected chi connectivity index (χ1v) is 6.78. The standard InChI is InChI=1S/C18H18O3/c1-12-11-14(17(20)18(2,3)21)9-10-15(12)16(19)13-7-5-4-6-8-13/h4-11,21H,1-3H3. The van der Waals surface area contributed by atoms with Gasteiger partial charge in [-0.3, -0.25) is 9.59 Å². The fraction of sp³-hybridized carbons (Fsp3) is 0.222. The minimum Gasteiger partial charge on any atom is -0.382 e. The first-order valence-electron chi connectivity index (χ1n) is 6.78. The van der Waals surface area contributed by atoms with Crippen LogP contribution in [0.25, 0.3) is 0 Å². The van der Waals surface area contributed by atoms with E-state index in [1.807, 2.05) is 18.2 Å². The Hall–Kier alpha value is -2.26. The molecule has 0 aromatic heterocycles. The summed E-state index contributed by atoms with van der Waals surface area (Å²) in [4.78, 5) is 24.4. The van der Waals surface area contributed by atoms with E-state index in [9.17, 15) is 14.7 Å². The van der Waals surface area contributed by atoms with Crippen LogP contribution in [0.1, 0.15) is 45.7 Å². The molecule has 0 heterocycles. The number of carbonyl (C=O) groups is 2. The van der Waals surface area contributed by atoms with Crippen molar-refractivity contribution < 1.29 is 14.7 Å². The minimum atomic E-state index is -1.42. The molecule has 0 bridgehead atoms. The second kappa shape index (κ2) is 5.62. The average Bonchev–Trinajstić information content (AvgIpc) is 2.45. The van der Waals surface area contributed by atoms with Crippen LogP contribution in [-0.4, -0.2) is 22.3 Å². The highest BCUT2D eigenvalue weighted by atomic mass is 16.3. The van der Waals surface area contributed by atoms with E-state index in [0.29, 0.717) is 16.7 Å². The van der Waals surface area contributed by atoms with Gasteiger partial charge < -0.3 is 5.11 Å². The van der Waals surface area contributed by atoms with Crippen molar-refractivity contribution in [3.8, 4) is 0 Å². The van der Waals surface area contributed by atoms with Crippen LogP contribution in [-0.2, 0) is 0 Å². The van der Waals surface area contributed by atoms with Gasteiger partial charge in [0, 0.05) is 16.7 Å². The normalized spacial score (nSPS) is 11.2. The lowest BCUT2D eigenvalue weighted by atomic mass is 9.92. The molecule has 0 aliphatic rings. The number of aliphatic hydroxyl groups is 1. The third-order valence-corrected chi connectivity index (χ3v) is 3.32. The number of aryl methyl sites for hydroxylation is 1. The summed E-state index contributed by atoms with van der Waals surface area (Å²) in [5.41, 5.74) is 0.886. The summed E-state index contributed by atoms with van der Waals surface area (Å²) in [5, 5.41) is 9.77. The average molecular weight is 282 g/mol. The Kier molecular flexibility index (Phi) is 4.05. The molecule has 3 nitrogen and oxygen atoms in total. The predicted molar refractivity (Wildman–Crippen MR) is 81.7 cm³/mol. The van der Waals surface area contributed by atoms with Gasteiger partial charge in [0.2, 0.25) is 0 Å². The van der Waals surface area contributed by atoms with Crippen molar-refractivity contribution in [3.63, 3.8) is 0 Å². The largest absolute Gasteiger partial charge is 0.382 e. The van der Waals surface area contributed by atoms with Crippen molar-refractivity contribution in [2.45, 2.75) is 26.4 Å². The molecule has 0 radical (unpaired) electrons. The molecule has 108 valence electrons. The van der Waals surface area contributed by atoms with Crippen LogP contribution < -0.4 is 0 Å². The van der Waals surface area contributed by atoms with Gasteiger partial charge in [0.15, 0.2) is 11.6 Å². The topological polar surface area (TPSA) is 54.4 Å². The highest BCUT2D eigenvalue weighted by molar-refractivity contribution is 6.10. The van der Waals surface area contributed by atoms with Crippen molar-refractivity contribution in [2.75, 3.05) is 0 Å². The smallest absolute Gasteiger partial charge is 0.193 e. The van der Waals surface area contributed by atoms with Crippen molar-refractivity contribution in [1.29, 1.82) is 0 Å². The lowest BCUT2D eigenvalue weighted by molar-refractivity contribution is 0.0488. The number of Topliss-reactive ketones (excluding diaryl/α,β-unsaturated/α-hetero) is 1. The van der Waals surface area contributed by atoms with Gasteiger partial charge in [0.05, 0.1) is 0 Å². The van der Waals surface area contributed by atoms with Gasteiger partial charge in [-0.2, -0.15) is 0 Å². The van der Waals surface area contributed by atoms with Crippen molar-refractivity contribution >= 4 is 11.6 Å². The van der Waals surface area contributed by atoms with Crippen LogP contribution in [0.5, 0.6) is 0 Å². The Morgan fingerprint density at radius 3 is 2.10 bits per heavy atom. The van der Waals surface area contributed by atoms with Crippen LogP contribution in [0.4, 0.5) is 0 Å². The van der Waals surface area contributed by atoms with Gasteiger partial charge >= 0.3 is 0 Å². The SMILES string of the molecule is Cc1cc(C(=O)C(C)(C)O)ccc1C(=O)c1ccccc1. The number of ketones is 2. The summed E-state index contributed by atoms with van der Waals surface area (Å²) in [5.74, 6) is -0.431. The molecular formula is C18H18O3. The third-order valence-electron chi connectivity index (χ3n) is 3.32. The van der Waals surface area contributed by atoms with Crippen LogP contribution in [0.3, 0.4) is 0 Å². The summed E-state index contributed by atoms with van der Waals surface area (Å²) >= 11 is 0. The monoisotopic (exact) mass is 282 g/mol. The molecule has 0 spiro atoms. The zero-order chi connectivity index (χ0) is 15.6. The number of hydrogen-bond acceptors (Lipinski definition) is 3. The molecule has 0 aliphatic heterocycles. The predicted octanol–water partition coefficient (Wildman–Crippen LogP) is 3.18. The molecule has 0 saturated carbocycles. The van der Waals surface area contributed by atoms with E-state index >= 15 is 0 Å². The second-order valence-corrected chi connectivity index (χ2v) is 5.61. The zero-order valence-electron chi connectivity index (χ0n) is 12.4. The van der Waals surface area contributed by atoms with Gasteiger partial charge in [0.25, 0.3) is 0 Å². The van der Waals surface area contributed by atoms with E-state index in [1.165, 1.54) is 13.8 Å². The van der Waals surface area contributed by atoms with Gasteiger partial charge in [-0.1, -0.05) is 42.5 Å². The Labute approximate surface area is 124 Å². The fourth-order valence-corrected chi connectivity index (χ4v) is 2.16. The maximum absolute atomic E-state index is 12.4. The lowest BCUT2D eigenvalue weighted by Gasteiger charge is -2.16. The lowest BCUT2D eigenvalue weighted by Crippen LogP contribution is -2.31. The summed E-state index contributed by atoms with van der Waals surface area (Å²) in [6, 6.07) is 13.9. The first-order chi connectivity index (χ1) is 9.80. The molecule has 0 saturated heterocycles. The van der Waals surface area contributed by atoms with Crippen LogP contribution in [0.2, 0.25) is 0 Å². The summed E-state index contributed by atoms with van der Waals surface area (Å²) in [6.07, 6.45) is 0. The molecule has 21 heavy (non-hydrogen) atoms. The second-order valence-electron chi connectivity index (χ2n) is 5.61. The summed E-state index contributed by atoms with van der Waals surface area (Å²) in [6.45, 7) is 4.69. The molecule has 0 aliphatic carbocycles. The highest BCUT2D eigenvalue weighted by Crippen LogP contribution is 2.19. The van der Waals surface area contributed by atoms with E-state index in [0.717, 1.165) is 5.56 Å². The quantitative estimate of drug-likeness (QED) is 0.876. The Bertz CT molecular complexity index is 679. The van der Waals surface area contributed by atoms with Crippen molar-refractivity contribution in [2.24, 2.45) is 0 Å². The molecule has 3 heteroatoms. The molecule has 0 fully saturated rings. The number of benzene rings is 2. The van der Waals surface area contributed by atoms with E-state index in [4.69, 9.17) is 0 Å². The van der Waals surface area contributed by atoms with E-state index in [2.05, 4.69) is 0 Å². The molecule has 0 atom stereocenters. The van der Waals surface area contributed by atoms with E-state index < -0.39 is 5.60 Å². The highest BCUT2D eigenvalue weighted by Gasteiger charge is 2.25. The molecule has 2 aromatic rings. The van der Waals surface area contributed by atoms with Gasteiger partial charge in [-0.15, -0.1) is 0 Å². The number of carbonyl (C=O) groups excluding carboxylic acids is 2. The Balaban J connectivity index is 2.37. The van der Waals surface area contributed by atoms with Crippen molar-refractivity contribution in [3.05, 3.63) is 70.8 Å². The molecule has 2 rings (SSSR count). The number of rotatable bonds is 4. The maximum atomic E-state index is 12.4. The maximum Gasteiger partial charge on any atom is 0.193 e. The van der Waals surface area contributed by atoms with Crippen LogP contribution in [0.15, 0.2) is 48.5 Å². The van der Waals surface area contributed by atoms with Gasteiger partial charge in [-0.25, -0.2) is 0 Å². The summed E-state index contributed by atoms with van der Waals surface area (Å²) < 4.78 is 0. The van der Waals surface area contributed by atoms with Crippen LogP contribution >= 0.6 is 0 Å². The minimum absolute atomic E-state index is 0.0737. The van der Waals surface area contributed by atoms with Crippen molar-refractivity contribution in [1.82, 2.24) is 0 Å². The third kappa shape index (κ3) is 3.26. The fourth-order valence-electron chi connectivity index (χ4n) is 2.16. The molecular weight excluding hydrogens is 264 g/mol.